The maximum atomic E-state index is 12.1. The first-order valence-corrected chi connectivity index (χ1v) is 7.77. The minimum absolute atomic E-state index is 0.0172. The highest BCUT2D eigenvalue weighted by Gasteiger charge is 2.28. The predicted molar refractivity (Wildman–Crippen MR) is 83.4 cm³/mol. The molecule has 0 amide bonds. The molecule has 21 heavy (non-hydrogen) atoms. The lowest BCUT2D eigenvalue weighted by Gasteiger charge is -2.26. The Hall–Kier alpha value is -1.59. The SMILES string of the molecule is CCCC(C)N[C@@H]1CCn2c(=O)[nH]c3cccc(c32)[C@H]1O. The Kier molecular flexibility index (Phi) is 3.87. The normalized spacial score (nSPS) is 23.2. The quantitative estimate of drug-likeness (QED) is 0.805. The topological polar surface area (TPSA) is 70.0 Å². The fraction of sp³-hybridized carbons (Fsp3) is 0.562. The van der Waals surface area contributed by atoms with Crippen molar-refractivity contribution >= 4 is 11.0 Å². The number of aliphatic hydroxyl groups excluding tert-OH is 1. The molecular weight excluding hydrogens is 266 g/mol. The summed E-state index contributed by atoms with van der Waals surface area (Å²) in [6.07, 6.45) is 2.36. The summed E-state index contributed by atoms with van der Waals surface area (Å²) in [4.78, 5) is 14.9. The molecule has 3 N–H and O–H groups in total. The van der Waals surface area contributed by atoms with Crippen molar-refractivity contribution in [2.24, 2.45) is 0 Å². The third-order valence-corrected chi connectivity index (χ3v) is 4.41. The Labute approximate surface area is 124 Å². The van der Waals surface area contributed by atoms with Crippen LogP contribution in [-0.2, 0) is 6.54 Å². The third kappa shape index (κ3) is 2.51. The van der Waals surface area contributed by atoms with Crippen LogP contribution >= 0.6 is 0 Å². The van der Waals surface area contributed by atoms with Gasteiger partial charge < -0.3 is 15.4 Å². The molecule has 3 atom stereocenters. The van der Waals surface area contributed by atoms with Crippen molar-refractivity contribution in [3.63, 3.8) is 0 Å². The summed E-state index contributed by atoms with van der Waals surface area (Å²) in [6, 6.07) is 6.04. The molecule has 0 radical (unpaired) electrons. The van der Waals surface area contributed by atoms with Gasteiger partial charge in [0, 0.05) is 24.2 Å². The number of H-pyrrole nitrogens is 1. The second kappa shape index (κ2) is 5.66. The first-order valence-electron chi connectivity index (χ1n) is 7.77. The molecule has 114 valence electrons. The van der Waals surface area contributed by atoms with Gasteiger partial charge in [-0.25, -0.2) is 4.79 Å². The summed E-state index contributed by atoms with van der Waals surface area (Å²) in [5, 5.41) is 14.3. The number of hydrogen-bond donors (Lipinski definition) is 3. The molecule has 3 rings (SSSR count). The van der Waals surface area contributed by atoms with Gasteiger partial charge in [-0.05, 0) is 25.8 Å². The summed E-state index contributed by atoms with van der Waals surface area (Å²) in [7, 11) is 0. The van der Waals surface area contributed by atoms with Gasteiger partial charge in [0.1, 0.15) is 0 Å². The Morgan fingerprint density at radius 3 is 3.10 bits per heavy atom. The van der Waals surface area contributed by atoms with Crippen molar-refractivity contribution in [2.75, 3.05) is 0 Å². The lowest BCUT2D eigenvalue weighted by Crippen LogP contribution is -2.40. The third-order valence-electron chi connectivity index (χ3n) is 4.41. The smallest absolute Gasteiger partial charge is 0.326 e. The Balaban J connectivity index is 1.97. The minimum Gasteiger partial charge on any atom is -0.387 e. The summed E-state index contributed by atoms with van der Waals surface area (Å²) < 4.78 is 1.75. The zero-order valence-corrected chi connectivity index (χ0v) is 12.6. The molecule has 1 aliphatic heterocycles. The van der Waals surface area contributed by atoms with Gasteiger partial charge in [0.2, 0.25) is 0 Å². The first kappa shape index (κ1) is 14.4. The second-order valence-electron chi connectivity index (χ2n) is 6.02. The van der Waals surface area contributed by atoms with Gasteiger partial charge in [-0.3, -0.25) is 4.57 Å². The van der Waals surface area contributed by atoms with Crippen LogP contribution in [0, 0.1) is 0 Å². The number of aryl methyl sites for hydroxylation is 1. The lowest BCUT2D eigenvalue weighted by atomic mass is 9.98. The molecule has 1 aliphatic rings. The molecule has 0 saturated heterocycles. The second-order valence-corrected chi connectivity index (χ2v) is 6.02. The molecule has 1 unspecified atom stereocenters. The molecule has 0 saturated carbocycles. The molecule has 5 heteroatoms. The number of rotatable bonds is 4. The van der Waals surface area contributed by atoms with E-state index in [4.69, 9.17) is 0 Å². The Bertz CT molecular complexity index is 688. The molecule has 0 bridgehead atoms. The van der Waals surface area contributed by atoms with Crippen molar-refractivity contribution in [3.8, 4) is 0 Å². The van der Waals surface area contributed by atoms with Crippen LogP contribution in [-0.4, -0.2) is 26.7 Å². The van der Waals surface area contributed by atoms with Crippen LogP contribution in [0.4, 0.5) is 0 Å². The summed E-state index contributed by atoms with van der Waals surface area (Å²) >= 11 is 0. The number of nitrogens with zero attached hydrogens (tertiary/aromatic N) is 1. The van der Waals surface area contributed by atoms with Gasteiger partial charge in [0.05, 0.1) is 17.1 Å². The molecule has 1 aromatic carbocycles. The molecule has 5 nitrogen and oxygen atoms in total. The van der Waals surface area contributed by atoms with Gasteiger partial charge in [-0.1, -0.05) is 25.5 Å². The van der Waals surface area contributed by atoms with Crippen molar-refractivity contribution in [2.45, 2.75) is 57.8 Å². The number of benzene rings is 1. The highest BCUT2D eigenvalue weighted by molar-refractivity contribution is 5.79. The predicted octanol–water partition coefficient (Wildman–Crippen LogP) is 1.91. The van der Waals surface area contributed by atoms with Crippen LogP contribution in [0.5, 0.6) is 0 Å². The lowest BCUT2D eigenvalue weighted by molar-refractivity contribution is 0.118. The van der Waals surface area contributed by atoms with E-state index in [2.05, 4.69) is 24.1 Å². The van der Waals surface area contributed by atoms with E-state index in [0.29, 0.717) is 12.6 Å². The largest absolute Gasteiger partial charge is 0.387 e. The van der Waals surface area contributed by atoms with E-state index >= 15 is 0 Å². The van der Waals surface area contributed by atoms with Crippen LogP contribution in [0.25, 0.3) is 11.0 Å². The zero-order chi connectivity index (χ0) is 15.0. The van der Waals surface area contributed by atoms with Crippen molar-refractivity contribution in [3.05, 3.63) is 34.2 Å². The maximum Gasteiger partial charge on any atom is 0.326 e. The van der Waals surface area contributed by atoms with E-state index < -0.39 is 6.10 Å². The molecule has 0 aliphatic carbocycles. The van der Waals surface area contributed by atoms with E-state index in [-0.39, 0.29) is 11.7 Å². The van der Waals surface area contributed by atoms with Gasteiger partial charge in [0.25, 0.3) is 0 Å². The van der Waals surface area contributed by atoms with Gasteiger partial charge in [0.15, 0.2) is 0 Å². The minimum atomic E-state index is -0.586. The molecule has 2 heterocycles. The van der Waals surface area contributed by atoms with E-state index in [9.17, 15) is 9.90 Å². The number of imidazole rings is 1. The fourth-order valence-electron chi connectivity index (χ4n) is 3.40. The average molecular weight is 289 g/mol. The first-order chi connectivity index (χ1) is 10.1. The highest BCUT2D eigenvalue weighted by atomic mass is 16.3. The summed E-state index contributed by atoms with van der Waals surface area (Å²) in [6.45, 7) is 4.94. The van der Waals surface area contributed by atoms with Crippen LogP contribution in [0.15, 0.2) is 23.0 Å². The summed E-state index contributed by atoms with van der Waals surface area (Å²) in [5.41, 5.74) is 2.40. The van der Waals surface area contributed by atoms with Crippen LogP contribution in [0.1, 0.15) is 44.8 Å². The zero-order valence-electron chi connectivity index (χ0n) is 12.6. The van der Waals surface area contributed by atoms with E-state index in [1.165, 1.54) is 0 Å². The van der Waals surface area contributed by atoms with Crippen LogP contribution in [0.2, 0.25) is 0 Å². The summed E-state index contributed by atoms with van der Waals surface area (Å²) in [5.74, 6) is 0. The van der Waals surface area contributed by atoms with Gasteiger partial charge in [-0.2, -0.15) is 0 Å². The van der Waals surface area contributed by atoms with E-state index in [1.807, 2.05) is 18.2 Å². The standard InChI is InChI=1S/C16H23N3O2/c1-3-5-10(2)17-13-8-9-19-14-11(15(13)20)6-4-7-12(14)18-16(19)21/h4,6-7,10,13,15,17,20H,3,5,8-9H2,1-2H3,(H,18,21)/t10?,13-,15-/m1/s1. The number of nitrogens with one attached hydrogen (secondary N) is 2. The highest BCUT2D eigenvalue weighted by Crippen LogP contribution is 2.29. The number of hydrogen-bond acceptors (Lipinski definition) is 3. The average Bonchev–Trinajstić information content (AvgIpc) is 2.70. The van der Waals surface area contributed by atoms with Gasteiger partial charge in [-0.15, -0.1) is 0 Å². The molecule has 2 aromatic rings. The number of aliphatic hydroxyl groups is 1. The van der Waals surface area contributed by atoms with Crippen LogP contribution < -0.4 is 11.0 Å². The number of para-hydroxylation sites is 1. The molecule has 0 spiro atoms. The Morgan fingerprint density at radius 1 is 1.52 bits per heavy atom. The molecule has 0 fully saturated rings. The van der Waals surface area contributed by atoms with E-state index in [0.717, 1.165) is 35.9 Å². The maximum absolute atomic E-state index is 12.1. The van der Waals surface area contributed by atoms with E-state index in [1.54, 1.807) is 4.57 Å². The van der Waals surface area contributed by atoms with Crippen molar-refractivity contribution in [1.29, 1.82) is 0 Å². The fourth-order valence-corrected chi connectivity index (χ4v) is 3.40. The molecule has 1 aromatic heterocycles. The van der Waals surface area contributed by atoms with Crippen LogP contribution in [0.3, 0.4) is 0 Å². The van der Waals surface area contributed by atoms with Gasteiger partial charge >= 0.3 is 5.69 Å². The number of aromatic amines is 1. The van der Waals surface area contributed by atoms with Crippen molar-refractivity contribution < 1.29 is 5.11 Å². The van der Waals surface area contributed by atoms with Crippen molar-refractivity contribution in [1.82, 2.24) is 14.9 Å². The Morgan fingerprint density at radius 2 is 2.33 bits per heavy atom. The monoisotopic (exact) mass is 289 g/mol. The molecular formula is C16H23N3O2. The number of aromatic nitrogens is 2.